The molecule has 3 unspecified atom stereocenters. The Balaban J connectivity index is 2.64. The van der Waals surface area contributed by atoms with Gasteiger partial charge < -0.3 is 9.84 Å². The van der Waals surface area contributed by atoms with Crippen LogP contribution < -0.4 is 0 Å². The fraction of sp³-hybridized carbons (Fsp3) is 0.562. The van der Waals surface area contributed by atoms with E-state index in [-0.39, 0.29) is 17.8 Å². The molecule has 1 fully saturated rings. The number of hydrogen-bond acceptors (Lipinski definition) is 3. The van der Waals surface area contributed by atoms with Gasteiger partial charge in [0.05, 0.1) is 18.6 Å². The first-order chi connectivity index (χ1) is 9.13. The van der Waals surface area contributed by atoms with Crippen molar-refractivity contribution < 1.29 is 14.6 Å². The molecule has 1 saturated carbocycles. The van der Waals surface area contributed by atoms with Crippen molar-refractivity contribution in [1.82, 2.24) is 0 Å². The summed E-state index contributed by atoms with van der Waals surface area (Å²) in [6.07, 6.45) is 9.43. The van der Waals surface area contributed by atoms with E-state index in [2.05, 4.69) is 6.58 Å². The molecule has 0 spiro atoms. The second-order valence-corrected chi connectivity index (χ2v) is 4.87. The first-order valence-electron chi connectivity index (χ1n) is 6.93. The van der Waals surface area contributed by atoms with Gasteiger partial charge in [0.25, 0.3) is 0 Å². The fourth-order valence-electron chi connectivity index (χ4n) is 2.65. The Morgan fingerprint density at radius 2 is 2.21 bits per heavy atom. The third-order valence-electron chi connectivity index (χ3n) is 3.54. The van der Waals surface area contributed by atoms with Gasteiger partial charge in [-0.05, 0) is 44.6 Å². The molecular weight excluding hydrogens is 240 g/mol. The van der Waals surface area contributed by atoms with Crippen LogP contribution in [0, 0.1) is 11.8 Å². The first kappa shape index (κ1) is 15.7. The second kappa shape index (κ2) is 7.95. The quantitative estimate of drug-likeness (QED) is 0.592. The molecule has 0 amide bonds. The molecule has 0 aliphatic heterocycles. The Hall–Kier alpha value is -1.35. The maximum atomic E-state index is 11.7. The number of allylic oxidation sites excluding steroid dienone is 5. The Kier molecular flexibility index (Phi) is 6.57. The number of esters is 1. The van der Waals surface area contributed by atoms with Crippen molar-refractivity contribution >= 4 is 5.97 Å². The Morgan fingerprint density at radius 1 is 1.47 bits per heavy atom. The Morgan fingerprint density at radius 3 is 2.79 bits per heavy atom. The molecule has 3 nitrogen and oxygen atoms in total. The molecule has 0 aromatic heterocycles. The average molecular weight is 264 g/mol. The van der Waals surface area contributed by atoms with E-state index in [1.54, 1.807) is 13.0 Å². The van der Waals surface area contributed by atoms with E-state index in [9.17, 15) is 9.90 Å². The average Bonchev–Trinajstić information content (AvgIpc) is 2.72. The Labute approximate surface area is 115 Å². The number of hydrogen-bond donors (Lipinski definition) is 1. The van der Waals surface area contributed by atoms with Crippen molar-refractivity contribution in [2.45, 2.75) is 39.2 Å². The van der Waals surface area contributed by atoms with Crippen molar-refractivity contribution in [2.24, 2.45) is 11.8 Å². The van der Waals surface area contributed by atoms with Crippen LogP contribution in [0.25, 0.3) is 0 Å². The van der Waals surface area contributed by atoms with Crippen molar-refractivity contribution in [2.75, 3.05) is 6.61 Å². The lowest BCUT2D eigenvalue weighted by atomic mass is 9.93. The molecule has 19 heavy (non-hydrogen) atoms. The normalized spacial score (nSPS) is 27.7. The van der Waals surface area contributed by atoms with Crippen molar-refractivity contribution in [3.05, 3.63) is 36.5 Å². The van der Waals surface area contributed by atoms with Gasteiger partial charge in [-0.1, -0.05) is 30.9 Å². The molecule has 3 heteroatoms. The highest BCUT2D eigenvalue weighted by atomic mass is 16.5. The number of rotatable bonds is 6. The molecule has 0 bridgehead atoms. The predicted octanol–water partition coefficient (Wildman–Crippen LogP) is 3.02. The monoisotopic (exact) mass is 264 g/mol. The van der Waals surface area contributed by atoms with Crippen molar-refractivity contribution in [1.29, 1.82) is 0 Å². The number of aliphatic hydroxyl groups is 1. The molecule has 1 N–H and O–H groups in total. The highest BCUT2D eigenvalue weighted by Gasteiger charge is 2.39. The van der Waals surface area contributed by atoms with Gasteiger partial charge in [-0.25, -0.2) is 0 Å². The maximum Gasteiger partial charge on any atom is 0.311 e. The smallest absolute Gasteiger partial charge is 0.311 e. The van der Waals surface area contributed by atoms with Crippen LogP contribution in [0.2, 0.25) is 0 Å². The summed E-state index contributed by atoms with van der Waals surface area (Å²) in [5.41, 5.74) is 1.13. The molecule has 0 saturated heterocycles. The van der Waals surface area contributed by atoms with E-state index in [0.29, 0.717) is 13.0 Å². The third-order valence-corrected chi connectivity index (χ3v) is 3.54. The molecule has 106 valence electrons. The standard InChI is InChI=1S/C16H24O3/c1-4-7-12(8-5-2)11-13-9-10-14(15(13)17)16(18)19-6-3/h4-5,7-8,13-15,17H,1,6,9-11H2,2-3H3/b8-5-,12-7+. The summed E-state index contributed by atoms with van der Waals surface area (Å²) >= 11 is 0. The van der Waals surface area contributed by atoms with Crippen molar-refractivity contribution in [3.8, 4) is 0 Å². The van der Waals surface area contributed by atoms with Crippen LogP contribution in [0.5, 0.6) is 0 Å². The first-order valence-corrected chi connectivity index (χ1v) is 6.93. The number of carbonyl (C=O) groups is 1. The summed E-state index contributed by atoms with van der Waals surface area (Å²) in [7, 11) is 0. The van der Waals surface area contributed by atoms with Gasteiger partial charge in [-0.3, -0.25) is 4.79 Å². The minimum absolute atomic E-state index is 0.122. The van der Waals surface area contributed by atoms with Crippen LogP contribution in [0.4, 0.5) is 0 Å². The topological polar surface area (TPSA) is 46.5 Å². The Bertz CT molecular complexity index is 368. The van der Waals surface area contributed by atoms with Crippen LogP contribution in [0.3, 0.4) is 0 Å². The zero-order chi connectivity index (χ0) is 14.3. The van der Waals surface area contributed by atoms with Gasteiger partial charge in [-0.2, -0.15) is 0 Å². The SMILES string of the molecule is C=C/C=C(\C=C/C)CC1CCC(C(=O)OCC)C1O. The molecule has 0 heterocycles. The molecule has 0 aromatic carbocycles. The van der Waals surface area contributed by atoms with Crippen LogP contribution in [0.15, 0.2) is 36.5 Å². The molecule has 1 aliphatic rings. The summed E-state index contributed by atoms with van der Waals surface area (Å²) in [6.45, 7) is 7.81. The van der Waals surface area contributed by atoms with Crippen LogP contribution in [-0.4, -0.2) is 23.8 Å². The van der Waals surface area contributed by atoms with Gasteiger partial charge in [0.2, 0.25) is 0 Å². The summed E-state index contributed by atoms with van der Waals surface area (Å²) in [6, 6.07) is 0. The molecular formula is C16H24O3. The lowest BCUT2D eigenvalue weighted by Crippen LogP contribution is -2.29. The van der Waals surface area contributed by atoms with Gasteiger partial charge in [-0.15, -0.1) is 0 Å². The summed E-state index contributed by atoms with van der Waals surface area (Å²) in [5, 5.41) is 10.3. The fourth-order valence-corrected chi connectivity index (χ4v) is 2.65. The van der Waals surface area contributed by atoms with E-state index < -0.39 is 6.10 Å². The lowest BCUT2D eigenvalue weighted by Gasteiger charge is -2.19. The van der Waals surface area contributed by atoms with E-state index in [1.807, 2.05) is 25.2 Å². The van der Waals surface area contributed by atoms with Crippen LogP contribution >= 0.6 is 0 Å². The highest BCUT2D eigenvalue weighted by Crippen LogP contribution is 2.36. The van der Waals surface area contributed by atoms with E-state index >= 15 is 0 Å². The molecule has 3 atom stereocenters. The van der Waals surface area contributed by atoms with Crippen molar-refractivity contribution in [3.63, 3.8) is 0 Å². The summed E-state index contributed by atoms with van der Waals surface area (Å²) in [5.74, 6) is -0.505. The molecule has 1 rings (SSSR count). The summed E-state index contributed by atoms with van der Waals surface area (Å²) < 4.78 is 5.00. The largest absolute Gasteiger partial charge is 0.466 e. The molecule has 1 aliphatic carbocycles. The van der Waals surface area contributed by atoms with Gasteiger partial charge >= 0.3 is 5.97 Å². The number of carbonyl (C=O) groups excluding carboxylic acids is 1. The zero-order valence-electron chi connectivity index (χ0n) is 11.8. The van der Waals surface area contributed by atoms with Gasteiger partial charge in [0.1, 0.15) is 0 Å². The van der Waals surface area contributed by atoms with Gasteiger partial charge in [0, 0.05) is 0 Å². The minimum atomic E-state index is -0.600. The maximum absolute atomic E-state index is 11.7. The number of aliphatic hydroxyl groups excluding tert-OH is 1. The van der Waals surface area contributed by atoms with Crippen LogP contribution in [-0.2, 0) is 9.53 Å². The zero-order valence-corrected chi connectivity index (χ0v) is 11.8. The lowest BCUT2D eigenvalue weighted by molar-refractivity contribution is -0.151. The highest BCUT2D eigenvalue weighted by molar-refractivity contribution is 5.73. The molecule has 0 radical (unpaired) electrons. The third kappa shape index (κ3) is 4.35. The predicted molar refractivity (Wildman–Crippen MR) is 76.6 cm³/mol. The molecule has 0 aromatic rings. The second-order valence-electron chi connectivity index (χ2n) is 4.87. The minimum Gasteiger partial charge on any atom is -0.466 e. The van der Waals surface area contributed by atoms with E-state index in [1.165, 1.54) is 0 Å². The van der Waals surface area contributed by atoms with E-state index in [4.69, 9.17) is 4.74 Å². The number of ether oxygens (including phenoxy) is 1. The van der Waals surface area contributed by atoms with Crippen LogP contribution in [0.1, 0.15) is 33.1 Å². The van der Waals surface area contributed by atoms with Gasteiger partial charge in [0.15, 0.2) is 0 Å². The van der Waals surface area contributed by atoms with E-state index in [0.717, 1.165) is 18.4 Å². The summed E-state index contributed by atoms with van der Waals surface area (Å²) in [4.78, 5) is 11.7.